The molecule has 0 bridgehead atoms. The minimum atomic E-state index is 1.23. The van der Waals surface area contributed by atoms with Crippen molar-refractivity contribution in [1.82, 2.24) is 0 Å². The van der Waals surface area contributed by atoms with Gasteiger partial charge in [0.1, 0.15) is 0 Å². The van der Waals surface area contributed by atoms with Crippen LogP contribution in [0.5, 0.6) is 0 Å². The molecule has 0 aliphatic rings. The van der Waals surface area contributed by atoms with Gasteiger partial charge in [0, 0.05) is 3.57 Å². The fraction of sp³-hybridized carbons (Fsp3) is 0. The van der Waals surface area contributed by atoms with Crippen LogP contribution < -0.4 is 0 Å². The van der Waals surface area contributed by atoms with Crippen molar-refractivity contribution >= 4 is 22.6 Å². The molecule has 0 heterocycles. The Bertz CT molecular complexity index is 1310. The third kappa shape index (κ3) is 4.33. The highest BCUT2D eigenvalue weighted by molar-refractivity contribution is 14.1. The number of hydrogen-bond donors (Lipinski definition) is 0. The SMILES string of the molecule is Ic1cc(-c2ccccc2)cc(-c2ccc(-c3ccccc3)cc2-c2ccccc2)c1. The zero-order valence-corrected chi connectivity index (χ0v) is 19.2. The average Bonchev–Trinajstić information content (AvgIpc) is 2.85. The van der Waals surface area contributed by atoms with Gasteiger partial charge in [0.25, 0.3) is 0 Å². The van der Waals surface area contributed by atoms with Crippen molar-refractivity contribution in [2.24, 2.45) is 0 Å². The molecule has 0 N–H and O–H groups in total. The van der Waals surface area contributed by atoms with Gasteiger partial charge in [0.15, 0.2) is 0 Å². The van der Waals surface area contributed by atoms with E-state index in [0.29, 0.717) is 0 Å². The molecule has 31 heavy (non-hydrogen) atoms. The Kier molecular flexibility index (Phi) is 5.68. The van der Waals surface area contributed by atoms with Crippen molar-refractivity contribution in [2.75, 3.05) is 0 Å². The molecule has 148 valence electrons. The lowest BCUT2D eigenvalue weighted by Gasteiger charge is -2.15. The summed E-state index contributed by atoms with van der Waals surface area (Å²) >= 11 is 2.43. The number of hydrogen-bond acceptors (Lipinski definition) is 0. The highest BCUT2D eigenvalue weighted by atomic mass is 127. The van der Waals surface area contributed by atoms with Gasteiger partial charge in [-0.3, -0.25) is 0 Å². The molecule has 0 aliphatic heterocycles. The monoisotopic (exact) mass is 508 g/mol. The van der Waals surface area contributed by atoms with Gasteiger partial charge >= 0.3 is 0 Å². The molecule has 0 nitrogen and oxygen atoms in total. The lowest BCUT2D eigenvalue weighted by molar-refractivity contribution is 1.54. The van der Waals surface area contributed by atoms with E-state index in [2.05, 4.69) is 150 Å². The van der Waals surface area contributed by atoms with Gasteiger partial charge in [-0.15, -0.1) is 0 Å². The van der Waals surface area contributed by atoms with Crippen LogP contribution in [-0.4, -0.2) is 0 Å². The normalized spacial score (nSPS) is 10.7. The highest BCUT2D eigenvalue weighted by Gasteiger charge is 2.12. The molecule has 0 saturated carbocycles. The van der Waals surface area contributed by atoms with Crippen LogP contribution in [0.25, 0.3) is 44.5 Å². The predicted octanol–water partition coefficient (Wildman–Crippen LogP) is 8.96. The molecule has 0 fully saturated rings. The Morgan fingerprint density at radius 2 is 0.839 bits per heavy atom. The first-order chi connectivity index (χ1) is 15.3. The Labute approximate surface area is 197 Å². The molecular weight excluding hydrogens is 487 g/mol. The van der Waals surface area contributed by atoms with Crippen LogP contribution in [0.15, 0.2) is 127 Å². The Morgan fingerprint density at radius 1 is 0.323 bits per heavy atom. The summed E-state index contributed by atoms with van der Waals surface area (Å²) in [6.07, 6.45) is 0. The first kappa shape index (κ1) is 19.8. The first-order valence-corrected chi connectivity index (χ1v) is 11.5. The summed E-state index contributed by atoms with van der Waals surface area (Å²) in [4.78, 5) is 0. The van der Waals surface area contributed by atoms with E-state index in [1.54, 1.807) is 0 Å². The van der Waals surface area contributed by atoms with Crippen molar-refractivity contribution in [1.29, 1.82) is 0 Å². The van der Waals surface area contributed by atoms with E-state index in [0.717, 1.165) is 0 Å². The third-order valence-electron chi connectivity index (χ3n) is 5.53. The van der Waals surface area contributed by atoms with E-state index in [-0.39, 0.29) is 0 Å². The molecule has 5 aromatic carbocycles. The second-order valence-electron chi connectivity index (χ2n) is 7.59. The predicted molar refractivity (Wildman–Crippen MR) is 141 cm³/mol. The van der Waals surface area contributed by atoms with Crippen LogP contribution >= 0.6 is 22.6 Å². The summed E-state index contributed by atoms with van der Waals surface area (Å²) in [6.45, 7) is 0. The lowest BCUT2D eigenvalue weighted by atomic mass is 9.90. The summed E-state index contributed by atoms with van der Waals surface area (Å²) in [5.41, 5.74) is 9.93. The fourth-order valence-electron chi connectivity index (χ4n) is 4.01. The molecule has 0 radical (unpaired) electrons. The minimum Gasteiger partial charge on any atom is -0.0622 e. The summed E-state index contributed by atoms with van der Waals surface area (Å²) in [7, 11) is 0. The quantitative estimate of drug-likeness (QED) is 0.213. The molecule has 0 saturated heterocycles. The topological polar surface area (TPSA) is 0 Å². The van der Waals surface area contributed by atoms with E-state index in [9.17, 15) is 0 Å². The Morgan fingerprint density at radius 3 is 1.45 bits per heavy atom. The standard InChI is InChI=1S/C30H21I/c31-28-19-26(23-12-6-2-7-13-23)18-27(20-28)29-17-16-25(22-10-4-1-5-11-22)21-30(29)24-14-8-3-9-15-24/h1-21H. The van der Waals surface area contributed by atoms with Crippen molar-refractivity contribution in [2.45, 2.75) is 0 Å². The maximum Gasteiger partial charge on any atom is 0.0142 e. The Balaban J connectivity index is 1.70. The van der Waals surface area contributed by atoms with Crippen LogP contribution in [0.1, 0.15) is 0 Å². The van der Waals surface area contributed by atoms with E-state index < -0.39 is 0 Å². The van der Waals surface area contributed by atoms with Crippen molar-refractivity contribution < 1.29 is 0 Å². The van der Waals surface area contributed by atoms with E-state index in [4.69, 9.17) is 0 Å². The van der Waals surface area contributed by atoms with E-state index in [1.807, 2.05) is 0 Å². The summed E-state index contributed by atoms with van der Waals surface area (Å²) in [5.74, 6) is 0. The smallest absolute Gasteiger partial charge is 0.0142 e. The van der Waals surface area contributed by atoms with Crippen LogP contribution in [0.3, 0.4) is 0 Å². The summed E-state index contributed by atoms with van der Waals surface area (Å²) < 4.78 is 1.24. The second-order valence-corrected chi connectivity index (χ2v) is 8.83. The van der Waals surface area contributed by atoms with Gasteiger partial charge in [0.2, 0.25) is 0 Å². The van der Waals surface area contributed by atoms with Gasteiger partial charge in [-0.25, -0.2) is 0 Å². The van der Waals surface area contributed by atoms with Crippen LogP contribution in [-0.2, 0) is 0 Å². The van der Waals surface area contributed by atoms with Gasteiger partial charge in [-0.05, 0) is 91.4 Å². The molecular formula is C30H21I. The van der Waals surface area contributed by atoms with Gasteiger partial charge in [0.05, 0.1) is 0 Å². The molecule has 5 aromatic rings. The van der Waals surface area contributed by atoms with Crippen molar-refractivity contribution in [3.8, 4) is 44.5 Å². The maximum absolute atomic E-state index is 2.43. The van der Waals surface area contributed by atoms with E-state index in [1.165, 1.54) is 48.1 Å². The molecule has 0 spiro atoms. The summed E-state index contributed by atoms with van der Waals surface area (Å²) in [6, 6.07) is 45.5. The molecule has 0 aromatic heterocycles. The maximum atomic E-state index is 2.43. The third-order valence-corrected chi connectivity index (χ3v) is 6.15. The average molecular weight is 508 g/mol. The van der Waals surface area contributed by atoms with Crippen molar-refractivity contribution in [3.63, 3.8) is 0 Å². The largest absolute Gasteiger partial charge is 0.0622 e. The van der Waals surface area contributed by atoms with E-state index >= 15 is 0 Å². The van der Waals surface area contributed by atoms with Gasteiger partial charge < -0.3 is 0 Å². The molecule has 0 unspecified atom stereocenters. The zero-order valence-electron chi connectivity index (χ0n) is 17.0. The Hall–Kier alpha value is -3.17. The molecule has 5 rings (SSSR count). The summed E-state index contributed by atoms with van der Waals surface area (Å²) in [5, 5.41) is 0. The zero-order chi connectivity index (χ0) is 21.0. The molecule has 0 amide bonds. The molecule has 0 atom stereocenters. The number of benzene rings is 5. The van der Waals surface area contributed by atoms with Gasteiger partial charge in [-0.2, -0.15) is 0 Å². The fourth-order valence-corrected chi connectivity index (χ4v) is 4.68. The number of halogens is 1. The lowest BCUT2D eigenvalue weighted by Crippen LogP contribution is -1.90. The highest BCUT2D eigenvalue weighted by Crippen LogP contribution is 2.38. The minimum absolute atomic E-state index is 1.23. The van der Waals surface area contributed by atoms with Gasteiger partial charge in [-0.1, -0.05) is 103 Å². The molecule has 0 aliphatic carbocycles. The van der Waals surface area contributed by atoms with Crippen LogP contribution in [0.4, 0.5) is 0 Å². The van der Waals surface area contributed by atoms with Crippen molar-refractivity contribution in [3.05, 3.63) is 131 Å². The van der Waals surface area contributed by atoms with Crippen LogP contribution in [0.2, 0.25) is 0 Å². The van der Waals surface area contributed by atoms with Crippen LogP contribution in [0, 0.1) is 3.57 Å². The first-order valence-electron chi connectivity index (χ1n) is 10.4. The number of rotatable bonds is 4. The second kappa shape index (κ2) is 8.91. The molecule has 1 heteroatoms.